The summed E-state index contributed by atoms with van der Waals surface area (Å²) in [6, 6.07) is 10.5. The number of rotatable bonds is 2. The molecule has 0 unspecified atom stereocenters. The van der Waals surface area contributed by atoms with Gasteiger partial charge in [-0.3, -0.25) is 0 Å². The molecule has 1 atom stereocenters. The number of hydrogen-bond acceptors (Lipinski definition) is 4. The van der Waals surface area contributed by atoms with Gasteiger partial charge in [0.1, 0.15) is 5.75 Å². The molecule has 104 valence electrons. The van der Waals surface area contributed by atoms with Crippen molar-refractivity contribution in [2.45, 2.75) is 18.9 Å². The predicted octanol–water partition coefficient (Wildman–Crippen LogP) is 2.23. The lowest BCUT2D eigenvalue weighted by Crippen LogP contribution is -2.31. The van der Waals surface area contributed by atoms with Crippen molar-refractivity contribution in [3.63, 3.8) is 0 Å². The quantitative estimate of drug-likeness (QED) is 0.632. The minimum Gasteiger partial charge on any atom is -0.508 e. The molecule has 1 aliphatic rings. The van der Waals surface area contributed by atoms with Crippen molar-refractivity contribution < 1.29 is 15.3 Å². The predicted molar refractivity (Wildman–Crippen MR) is 76.0 cm³/mol. The van der Waals surface area contributed by atoms with Gasteiger partial charge >= 0.3 is 0 Å². The summed E-state index contributed by atoms with van der Waals surface area (Å²) in [6.07, 6.45) is 1.56. The molecule has 0 saturated carbocycles. The standard InChI is InChI=1S/C16H17NO3/c18-12-3-1-2-10(6-12)7-14-13-9-16(20)15(19)8-11(13)4-5-17-14/h1-3,6,8-9,14,17-20H,4-5,7H2/t14-/m1/s1. The van der Waals surface area contributed by atoms with Crippen molar-refractivity contribution in [1.82, 2.24) is 5.32 Å². The molecule has 0 fully saturated rings. The normalized spacial score (nSPS) is 17.7. The van der Waals surface area contributed by atoms with Crippen molar-refractivity contribution in [3.05, 3.63) is 53.1 Å². The Kier molecular flexibility index (Phi) is 3.24. The summed E-state index contributed by atoms with van der Waals surface area (Å²) in [5.74, 6) is 0.0993. The zero-order chi connectivity index (χ0) is 14.1. The average Bonchev–Trinajstić information content (AvgIpc) is 2.41. The Bertz CT molecular complexity index is 640. The fraction of sp³-hybridized carbons (Fsp3) is 0.250. The Balaban J connectivity index is 1.92. The van der Waals surface area contributed by atoms with Gasteiger partial charge in [0.15, 0.2) is 11.5 Å². The van der Waals surface area contributed by atoms with Gasteiger partial charge in [0, 0.05) is 6.04 Å². The largest absolute Gasteiger partial charge is 0.508 e. The van der Waals surface area contributed by atoms with E-state index in [1.807, 2.05) is 12.1 Å². The van der Waals surface area contributed by atoms with E-state index in [-0.39, 0.29) is 23.3 Å². The number of phenols is 3. The molecule has 2 aromatic carbocycles. The van der Waals surface area contributed by atoms with Gasteiger partial charge in [-0.1, -0.05) is 12.1 Å². The van der Waals surface area contributed by atoms with Crippen LogP contribution in [0.4, 0.5) is 0 Å². The minimum atomic E-state index is -0.0895. The van der Waals surface area contributed by atoms with Crippen LogP contribution in [-0.4, -0.2) is 21.9 Å². The van der Waals surface area contributed by atoms with Crippen LogP contribution in [0.1, 0.15) is 22.7 Å². The van der Waals surface area contributed by atoms with E-state index in [4.69, 9.17) is 0 Å². The smallest absolute Gasteiger partial charge is 0.157 e. The molecule has 0 bridgehead atoms. The SMILES string of the molecule is Oc1cccc(C[C@H]2NCCc3cc(O)c(O)cc32)c1. The van der Waals surface area contributed by atoms with Crippen molar-refractivity contribution in [2.75, 3.05) is 6.54 Å². The van der Waals surface area contributed by atoms with Gasteiger partial charge in [-0.2, -0.15) is 0 Å². The molecule has 1 heterocycles. The van der Waals surface area contributed by atoms with Crippen LogP contribution in [0.5, 0.6) is 17.2 Å². The number of phenolic OH excluding ortho intramolecular Hbond substituents is 3. The molecule has 0 aromatic heterocycles. The van der Waals surface area contributed by atoms with E-state index in [9.17, 15) is 15.3 Å². The minimum absolute atomic E-state index is 0.0678. The molecule has 2 aromatic rings. The lowest BCUT2D eigenvalue weighted by atomic mass is 9.90. The van der Waals surface area contributed by atoms with Crippen LogP contribution >= 0.6 is 0 Å². The number of nitrogens with one attached hydrogen (secondary N) is 1. The summed E-state index contributed by atoms with van der Waals surface area (Å²) in [4.78, 5) is 0. The second-order valence-corrected chi connectivity index (χ2v) is 5.17. The number of benzene rings is 2. The van der Waals surface area contributed by atoms with Crippen LogP contribution in [0, 0.1) is 0 Å². The summed E-state index contributed by atoms with van der Waals surface area (Å²) >= 11 is 0. The fourth-order valence-electron chi connectivity index (χ4n) is 2.77. The highest BCUT2D eigenvalue weighted by molar-refractivity contribution is 5.48. The van der Waals surface area contributed by atoms with Gasteiger partial charge in [-0.25, -0.2) is 0 Å². The van der Waals surface area contributed by atoms with E-state index in [1.54, 1.807) is 24.3 Å². The zero-order valence-corrected chi connectivity index (χ0v) is 11.0. The van der Waals surface area contributed by atoms with E-state index >= 15 is 0 Å². The van der Waals surface area contributed by atoms with E-state index in [0.717, 1.165) is 36.1 Å². The molecule has 4 N–H and O–H groups in total. The first-order valence-corrected chi connectivity index (χ1v) is 6.69. The van der Waals surface area contributed by atoms with Gasteiger partial charge in [0.05, 0.1) is 0 Å². The Labute approximate surface area is 117 Å². The van der Waals surface area contributed by atoms with Gasteiger partial charge in [0.2, 0.25) is 0 Å². The van der Waals surface area contributed by atoms with Gasteiger partial charge in [-0.15, -0.1) is 0 Å². The second kappa shape index (κ2) is 5.06. The Morgan fingerprint density at radius 3 is 2.65 bits per heavy atom. The molecular weight excluding hydrogens is 254 g/mol. The Hall–Kier alpha value is -2.20. The molecule has 4 heteroatoms. The van der Waals surface area contributed by atoms with Crippen LogP contribution in [0.3, 0.4) is 0 Å². The fourth-order valence-corrected chi connectivity index (χ4v) is 2.77. The van der Waals surface area contributed by atoms with Crippen LogP contribution < -0.4 is 5.32 Å². The lowest BCUT2D eigenvalue weighted by molar-refractivity contribution is 0.398. The van der Waals surface area contributed by atoms with Crippen molar-refractivity contribution >= 4 is 0 Å². The number of fused-ring (bicyclic) bond motifs is 1. The Morgan fingerprint density at radius 2 is 1.85 bits per heavy atom. The van der Waals surface area contributed by atoms with Crippen LogP contribution in [0.15, 0.2) is 36.4 Å². The summed E-state index contributed by atoms with van der Waals surface area (Å²) in [7, 11) is 0. The molecule has 0 spiro atoms. The van der Waals surface area contributed by atoms with Gasteiger partial charge in [0.25, 0.3) is 0 Å². The van der Waals surface area contributed by atoms with Crippen LogP contribution in [-0.2, 0) is 12.8 Å². The molecule has 3 rings (SSSR count). The second-order valence-electron chi connectivity index (χ2n) is 5.17. The highest BCUT2D eigenvalue weighted by Crippen LogP contribution is 2.35. The van der Waals surface area contributed by atoms with Crippen LogP contribution in [0.25, 0.3) is 0 Å². The van der Waals surface area contributed by atoms with Crippen molar-refractivity contribution in [1.29, 1.82) is 0 Å². The lowest BCUT2D eigenvalue weighted by Gasteiger charge is -2.27. The number of hydrogen-bond donors (Lipinski definition) is 4. The van der Waals surface area contributed by atoms with Crippen molar-refractivity contribution in [3.8, 4) is 17.2 Å². The third-order valence-corrected chi connectivity index (χ3v) is 3.75. The van der Waals surface area contributed by atoms with Gasteiger partial charge in [-0.05, 0) is 60.3 Å². The topological polar surface area (TPSA) is 72.7 Å². The maximum atomic E-state index is 9.69. The molecule has 0 radical (unpaired) electrons. The van der Waals surface area contributed by atoms with Crippen LogP contribution in [0.2, 0.25) is 0 Å². The first-order valence-electron chi connectivity index (χ1n) is 6.69. The Morgan fingerprint density at radius 1 is 1.05 bits per heavy atom. The highest BCUT2D eigenvalue weighted by atomic mass is 16.3. The number of aromatic hydroxyl groups is 3. The van der Waals surface area contributed by atoms with E-state index < -0.39 is 0 Å². The maximum Gasteiger partial charge on any atom is 0.157 e. The monoisotopic (exact) mass is 271 g/mol. The van der Waals surface area contributed by atoms with Crippen molar-refractivity contribution in [2.24, 2.45) is 0 Å². The molecular formula is C16H17NO3. The summed E-state index contributed by atoms with van der Waals surface area (Å²) in [5.41, 5.74) is 3.10. The summed E-state index contributed by atoms with van der Waals surface area (Å²) in [5, 5.41) is 32.2. The zero-order valence-electron chi connectivity index (χ0n) is 11.0. The average molecular weight is 271 g/mol. The summed E-state index contributed by atoms with van der Waals surface area (Å²) < 4.78 is 0. The highest BCUT2D eigenvalue weighted by Gasteiger charge is 2.22. The first-order chi connectivity index (χ1) is 9.63. The molecule has 4 nitrogen and oxygen atoms in total. The molecule has 0 aliphatic carbocycles. The molecule has 1 aliphatic heterocycles. The molecule has 20 heavy (non-hydrogen) atoms. The first kappa shape index (κ1) is 12.8. The van der Waals surface area contributed by atoms with E-state index in [1.165, 1.54) is 0 Å². The molecule has 0 saturated heterocycles. The van der Waals surface area contributed by atoms with E-state index in [0.29, 0.717) is 0 Å². The summed E-state index contributed by atoms with van der Waals surface area (Å²) in [6.45, 7) is 0.834. The van der Waals surface area contributed by atoms with Gasteiger partial charge < -0.3 is 20.6 Å². The maximum absolute atomic E-state index is 9.69. The molecule has 0 amide bonds. The third kappa shape index (κ3) is 2.42. The third-order valence-electron chi connectivity index (χ3n) is 3.75. The van der Waals surface area contributed by atoms with E-state index in [2.05, 4.69) is 5.32 Å².